The van der Waals surface area contributed by atoms with Gasteiger partial charge in [-0.25, -0.2) is 4.98 Å². The highest BCUT2D eigenvalue weighted by Gasteiger charge is 2.15. The molecule has 1 aliphatic heterocycles. The zero-order valence-electron chi connectivity index (χ0n) is 18.6. The van der Waals surface area contributed by atoms with Gasteiger partial charge in [0.2, 0.25) is 0 Å². The third-order valence-corrected chi connectivity index (χ3v) is 6.32. The smallest absolute Gasteiger partial charge is 0.124 e. The molecule has 0 unspecified atom stereocenters. The summed E-state index contributed by atoms with van der Waals surface area (Å²) in [5.41, 5.74) is 4.98. The van der Waals surface area contributed by atoms with Crippen molar-refractivity contribution in [2.24, 2.45) is 0 Å². The van der Waals surface area contributed by atoms with Gasteiger partial charge in [-0.15, -0.1) is 0 Å². The van der Waals surface area contributed by atoms with E-state index in [1.165, 1.54) is 61.2 Å². The number of ether oxygens (including phenoxy) is 1. The first-order valence-corrected chi connectivity index (χ1v) is 11.6. The van der Waals surface area contributed by atoms with Crippen LogP contribution < -0.4 is 4.74 Å². The molecule has 2 heterocycles. The molecule has 4 nitrogen and oxygen atoms in total. The second-order valence-electron chi connectivity index (χ2n) is 8.66. The first kappa shape index (κ1) is 20.9. The Hall–Kier alpha value is -2.33. The Kier molecular flexibility index (Phi) is 7.06. The second kappa shape index (κ2) is 10.1. The van der Waals surface area contributed by atoms with Crippen molar-refractivity contribution in [3.05, 3.63) is 59.4 Å². The lowest BCUT2D eigenvalue weighted by Crippen LogP contribution is -2.26. The maximum absolute atomic E-state index is 5.98. The van der Waals surface area contributed by atoms with Gasteiger partial charge in [-0.05, 0) is 88.0 Å². The van der Waals surface area contributed by atoms with E-state index < -0.39 is 0 Å². The van der Waals surface area contributed by atoms with Crippen LogP contribution in [0, 0.1) is 13.8 Å². The molecule has 160 valence electrons. The number of nitrogens with zero attached hydrogens (tertiary/aromatic N) is 3. The van der Waals surface area contributed by atoms with Crippen molar-refractivity contribution < 1.29 is 4.74 Å². The van der Waals surface area contributed by atoms with Crippen LogP contribution in [0.25, 0.3) is 11.0 Å². The van der Waals surface area contributed by atoms with Gasteiger partial charge in [-0.1, -0.05) is 31.0 Å². The van der Waals surface area contributed by atoms with E-state index >= 15 is 0 Å². The van der Waals surface area contributed by atoms with E-state index in [0.29, 0.717) is 0 Å². The average Bonchev–Trinajstić information content (AvgIpc) is 2.90. The summed E-state index contributed by atoms with van der Waals surface area (Å²) in [6.07, 6.45) is 7.51. The summed E-state index contributed by atoms with van der Waals surface area (Å²) in [4.78, 5) is 7.58. The number of fused-ring (bicyclic) bond motifs is 1. The largest absolute Gasteiger partial charge is 0.494 e. The van der Waals surface area contributed by atoms with E-state index in [1.54, 1.807) is 0 Å². The van der Waals surface area contributed by atoms with Crippen LogP contribution in [0.4, 0.5) is 0 Å². The Bertz CT molecular complexity index is 954. The van der Waals surface area contributed by atoms with Crippen molar-refractivity contribution in [3.8, 4) is 5.75 Å². The molecular weight excluding hydrogens is 370 g/mol. The first-order valence-electron chi connectivity index (χ1n) is 11.6. The molecule has 0 aliphatic carbocycles. The van der Waals surface area contributed by atoms with E-state index in [-0.39, 0.29) is 0 Å². The quantitative estimate of drug-likeness (QED) is 0.438. The molecule has 1 fully saturated rings. The highest BCUT2D eigenvalue weighted by Crippen LogP contribution is 2.21. The number of hydrogen-bond donors (Lipinski definition) is 0. The van der Waals surface area contributed by atoms with Gasteiger partial charge in [0.25, 0.3) is 0 Å². The molecule has 1 saturated heterocycles. The molecule has 0 N–H and O–H groups in total. The summed E-state index contributed by atoms with van der Waals surface area (Å²) in [6, 6.07) is 14.9. The molecule has 4 rings (SSSR count). The molecule has 0 saturated carbocycles. The van der Waals surface area contributed by atoms with Crippen molar-refractivity contribution in [1.82, 2.24) is 14.5 Å². The number of unbranched alkanes of at least 4 members (excludes halogenated alkanes) is 1. The van der Waals surface area contributed by atoms with Crippen LogP contribution >= 0.6 is 0 Å². The zero-order valence-corrected chi connectivity index (χ0v) is 18.6. The van der Waals surface area contributed by atoms with Crippen molar-refractivity contribution >= 4 is 11.0 Å². The number of aryl methyl sites for hydroxylation is 3. The summed E-state index contributed by atoms with van der Waals surface area (Å²) in [6.45, 7) is 9.40. The van der Waals surface area contributed by atoms with Crippen LogP contribution in [0.5, 0.6) is 5.75 Å². The lowest BCUT2D eigenvalue weighted by molar-refractivity contribution is 0.265. The maximum Gasteiger partial charge on any atom is 0.124 e. The Morgan fingerprint density at radius 1 is 0.900 bits per heavy atom. The summed E-state index contributed by atoms with van der Waals surface area (Å²) >= 11 is 0. The van der Waals surface area contributed by atoms with Crippen LogP contribution in [0.1, 0.15) is 55.5 Å². The minimum Gasteiger partial charge on any atom is -0.494 e. The van der Waals surface area contributed by atoms with Crippen LogP contribution in [0.15, 0.2) is 42.5 Å². The Labute approximate surface area is 180 Å². The van der Waals surface area contributed by atoms with Crippen molar-refractivity contribution in [3.63, 3.8) is 0 Å². The Balaban J connectivity index is 1.36. The third kappa shape index (κ3) is 5.23. The lowest BCUT2D eigenvalue weighted by Gasteiger charge is -2.20. The predicted octanol–water partition coefficient (Wildman–Crippen LogP) is 5.89. The van der Waals surface area contributed by atoms with Crippen molar-refractivity contribution in [1.29, 1.82) is 0 Å². The van der Waals surface area contributed by atoms with Crippen LogP contribution in [-0.2, 0) is 13.1 Å². The van der Waals surface area contributed by atoms with Gasteiger partial charge in [0.15, 0.2) is 0 Å². The average molecular weight is 406 g/mol. The standard InChI is InChI=1S/C26H35N3O/c1-21-13-14-23(19-22(21)2)30-18-10-9-17-29-25-12-6-5-11-24(25)27-26(29)20-28-15-7-3-4-8-16-28/h5-6,11-14,19H,3-4,7-10,15-18,20H2,1-2H3. The highest BCUT2D eigenvalue weighted by atomic mass is 16.5. The fourth-order valence-corrected chi connectivity index (χ4v) is 4.36. The summed E-state index contributed by atoms with van der Waals surface area (Å²) in [5, 5.41) is 0. The molecule has 2 aromatic carbocycles. The molecule has 0 bridgehead atoms. The molecule has 4 heteroatoms. The Morgan fingerprint density at radius 2 is 1.70 bits per heavy atom. The normalized spacial score (nSPS) is 15.4. The molecule has 0 amide bonds. The summed E-state index contributed by atoms with van der Waals surface area (Å²) < 4.78 is 8.42. The van der Waals surface area contributed by atoms with Gasteiger partial charge >= 0.3 is 0 Å². The number of aromatic nitrogens is 2. The van der Waals surface area contributed by atoms with Gasteiger partial charge in [-0.3, -0.25) is 4.90 Å². The number of para-hydroxylation sites is 2. The first-order chi connectivity index (χ1) is 14.7. The number of likely N-dealkylation sites (tertiary alicyclic amines) is 1. The maximum atomic E-state index is 5.98. The number of imidazole rings is 1. The minimum absolute atomic E-state index is 0.761. The summed E-state index contributed by atoms with van der Waals surface area (Å²) in [5.74, 6) is 2.20. The highest BCUT2D eigenvalue weighted by molar-refractivity contribution is 5.75. The van der Waals surface area contributed by atoms with Crippen molar-refractivity contribution in [2.45, 2.75) is 65.5 Å². The zero-order chi connectivity index (χ0) is 20.8. The Morgan fingerprint density at radius 3 is 2.50 bits per heavy atom. The molecule has 1 aliphatic rings. The van der Waals surface area contributed by atoms with Gasteiger partial charge in [0.05, 0.1) is 24.2 Å². The fourth-order valence-electron chi connectivity index (χ4n) is 4.36. The molecular formula is C26H35N3O. The molecule has 0 radical (unpaired) electrons. The second-order valence-corrected chi connectivity index (χ2v) is 8.66. The van der Waals surface area contributed by atoms with Crippen LogP contribution in [-0.4, -0.2) is 34.1 Å². The van der Waals surface area contributed by atoms with Gasteiger partial charge in [0, 0.05) is 6.54 Å². The molecule has 3 aromatic rings. The van der Waals surface area contributed by atoms with E-state index in [4.69, 9.17) is 9.72 Å². The van der Waals surface area contributed by atoms with Crippen LogP contribution in [0.3, 0.4) is 0 Å². The summed E-state index contributed by atoms with van der Waals surface area (Å²) in [7, 11) is 0. The van der Waals surface area contributed by atoms with E-state index in [0.717, 1.165) is 43.8 Å². The minimum atomic E-state index is 0.761. The predicted molar refractivity (Wildman–Crippen MR) is 124 cm³/mol. The number of hydrogen-bond acceptors (Lipinski definition) is 3. The van der Waals surface area contributed by atoms with Gasteiger partial charge in [-0.2, -0.15) is 0 Å². The van der Waals surface area contributed by atoms with E-state index in [1.807, 2.05) is 0 Å². The molecule has 1 aromatic heterocycles. The van der Waals surface area contributed by atoms with Crippen LogP contribution in [0.2, 0.25) is 0 Å². The molecule has 0 spiro atoms. The number of rotatable bonds is 8. The fraction of sp³-hybridized carbons (Fsp3) is 0.500. The molecule has 0 atom stereocenters. The lowest BCUT2D eigenvalue weighted by atomic mass is 10.1. The van der Waals surface area contributed by atoms with Crippen molar-refractivity contribution in [2.75, 3.05) is 19.7 Å². The third-order valence-electron chi connectivity index (χ3n) is 6.32. The molecule has 30 heavy (non-hydrogen) atoms. The van der Waals surface area contributed by atoms with Gasteiger partial charge < -0.3 is 9.30 Å². The van der Waals surface area contributed by atoms with Gasteiger partial charge in [0.1, 0.15) is 11.6 Å². The monoisotopic (exact) mass is 405 g/mol. The van der Waals surface area contributed by atoms with E-state index in [9.17, 15) is 0 Å². The number of benzene rings is 2. The van der Waals surface area contributed by atoms with E-state index in [2.05, 4.69) is 65.8 Å². The topological polar surface area (TPSA) is 30.3 Å². The SMILES string of the molecule is Cc1ccc(OCCCCn2c(CN3CCCCCC3)nc3ccccc32)cc1C.